The molecule has 2 aromatic carbocycles. The Morgan fingerprint density at radius 2 is 1.93 bits per heavy atom. The summed E-state index contributed by atoms with van der Waals surface area (Å²) < 4.78 is 5.85. The Morgan fingerprint density at radius 3 is 2.83 bits per heavy atom. The highest BCUT2D eigenvalue weighted by molar-refractivity contribution is 6.04. The van der Waals surface area contributed by atoms with E-state index in [-0.39, 0.29) is 5.91 Å². The smallest absolute Gasteiger partial charge is 0.256 e. The number of fused-ring (bicyclic) bond motifs is 2. The van der Waals surface area contributed by atoms with E-state index in [1.165, 1.54) is 0 Å². The Morgan fingerprint density at radius 1 is 1.07 bits per heavy atom. The normalized spacial score (nSPS) is 13.3. The maximum Gasteiger partial charge on any atom is 0.256 e. The van der Waals surface area contributed by atoms with E-state index in [9.17, 15) is 4.79 Å². The number of aromatic nitrogens is 4. The maximum absolute atomic E-state index is 13.2. The van der Waals surface area contributed by atoms with E-state index in [1.807, 2.05) is 53.4 Å². The number of nitrogens with one attached hydrogen (secondary N) is 1. The van der Waals surface area contributed by atoms with Gasteiger partial charge in [-0.2, -0.15) is 5.10 Å². The van der Waals surface area contributed by atoms with Crippen LogP contribution in [0.3, 0.4) is 0 Å². The van der Waals surface area contributed by atoms with Gasteiger partial charge in [-0.1, -0.05) is 24.3 Å². The van der Waals surface area contributed by atoms with Crippen LogP contribution in [0.4, 0.5) is 0 Å². The molecule has 29 heavy (non-hydrogen) atoms. The highest BCUT2D eigenvalue weighted by Crippen LogP contribution is 2.24. The van der Waals surface area contributed by atoms with Gasteiger partial charge in [-0.3, -0.25) is 19.9 Å². The predicted molar refractivity (Wildman–Crippen MR) is 107 cm³/mol. The van der Waals surface area contributed by atoms with E-state index in [1.54, 1.807) is 12.4 Å². The summed E-state index contributed by atoms with van der Waals surface area (Å²) in [7, 11) is 0. The number of benzene rings is 2. The molecular weight excluding hydrogens is 366 g/mol. The molecule has 0 aliphatic carbocycles. The molecule has 0 spiro atoms. The summed E-state index contributed by atoms with van der Waals surface area (Å²) in [4.78, 5) is 23.7. The lowest BCUT2D eigenvalue weighted by atomic mass is 10.0. The van der Waals surface area contributed by atoms with E-state index < -0.39 is 0 Å². The predicted octanol–water partition coefficient (Wildman–Crippen LogP) is 3.13. The van der Waals surface area contributed by atoms with Crippen molar-refractivity contribution in [3.8, 4) is 5.75 Å². The third-order valence-corrected chi connectivity index (χ3v) is 5.15. The summed E-state index contributed by atoms with van der Waals surface area (Å²) >= 11 is 0. The number of aromatic amines is 1. The Kier molecular flexibility index (Phi) is 4.40. The summed E-state index contributed by atoms with van der Waals surface area (Å²) in [5, 5.41) is 7.52. The van der Waals surface area contributed by atoms with Crippen LogP contribution in [0.15, 0.2) is 60.9 Å². The van der Waals surface area contributed by atoms with Crippen molar-refractivity contribution in [2.75, 3.05) is 6.54 Å². The summed E-state index contributed by atoms with van der Waals surface area (Å²) in [6.45, 7) is 1.48. The molecular formula is C22H19N5O2. The first-order valence-corrected chi connectivity index (χ1v) is 9.51. The molecule has 0 saturated heterocycles. The highest BCUT2D eigenvalue weighted by Gasteiger charge is 2.27. The summed E-state index contributed by atoms with van der Waals surface area (Å²) in [5.74, 6) is 0.750. The Balaban J connectivity index is 1.38. The van der Waals surface area contributed by atoms with Gasteiger partial charge in [-0.05, 0) is 24.3 Å². The number of carbonyl (C=O) groups excluding carboxylic acids is 1. The third kappa shape index (κ3) is 3.31. The number of nitrogens with zero attached hydrogens (tertiary/aromatic N) is 4. The molecule has 5 rings (SSSR count). The number of H-pyrrole nitrogens is 1. The second-order valence-corrected chi connectivity index (χ2v) is 6.94. The first-order valence-electron chi connectivity index (χ1n) is 9.51. The zero-order valence-electron chi connectivity index (χ0n) is 15.7. The zero-order valence-corrected chi connectivity index (χ0v) is 15.7. The summed E-state index contributed by atoms with van der Waals surface area (Å²) in [6.07, 6.45) is 3.98. The second kappa shape index (κ2) is 7.35. The van der Waals surface area contributed by atoms with E-state index in [4.69, 9.17) is 4.74 Å². The fourth-order valence-electron chi connectivity index (χ4n) is 3.65. The molecule has 1 aliphatic heterocycles. The minimum absolute atomic E-state index is 0.0436. The van der Waals surface area contributed by atoms with E-state index in [0.29, 0.717) is 30.8 Å². The molecule has 144 valence electrons. The number of para-hydroxylation sites is 2. The molecule has 1 amide bonds. The van der Waals surface area contributed by atoms with Crippen LogP contribution in [-0.2, 0) is 19.6 Å². The average molecular weight is 385 g/mol. The van der Waals surface area contributed by atoms with Gasteiger partial charge in [0.2, 0.25) is 0 Å². The van der Waals surface area contributed by atoms with Crippen molar-refractivity contribution in [1.29, 1.82) is 0 Å². The van der Waals surface area contributed by atoms with Gasteiger partial charge in [0, 0.05) is 43.2 Å². The van der Waals surface area contributed by atoms with E-state index >= 15 is 0 Å². The van der Waals surface area contributed by atoms with E-state index in [0.717, 1.165) is 34.6 Å². The number of rotatable bonds is 4. The van der Waals surface area contributed by atoms with Crippen molar-refractivity contribution in [2.45, 2.75) is 19.6 Å². The van der Waals surface area contributed by atoms with Crippen molar-refractivity contribution in [3.05, 3.63) is 83.4 Å². The van der Waals surface area contributed by atoms with Crippen LogP contribution in [-0.4, -0.2) is 37.5 Å². The van der Waals surface area contributed by atoms with Crippen LogP contribution >= 0.6 is 0 Å². The molecule has 0 atom stereocenters. The fraction of sp³-hybridized carbons (Fsp3) is 0.182. The first kappa shape index (κ1) is 17.4. The lowest BCUT2D eigenvalue weighted by molar-refractivity contribution is 0.0735. The van der Waals surface area contributed by atoms with Crippen LogP contribution in [0.25, 0.3) is 11.0 Å². The van der Waals surface area contributed by atoms with Crippen LogP contribution in [0.2, 0.25) is 0 Å². The Bertz CT molecular complexity index is 1170. The van der Waals surface area contributed by atoms with Crippen LogP contribution < -0.4 is 4.74 Å². The fourth-order valence-corrected chi connectivity index (χ4v) is 3.65. The van der Waals surface area contributed by atoms with Gasteiger partial charge < -0.3 is 9.64 Å². The zero-order chi connectivity index (χ0) is 19.6. The number of amides is 1. The highest BCUT2D eigenvalue weighted by atomic mass is 16.5. The van der Waals surface area contributed by atoms with Crippen molar-refractivity contribution >= 4 is 16.9 Å². The summed E-state index contributed by atoms with van der Waals surface area (Å²) in [6, 6.07) is 15.2. The lowest BCUT2D eigenvalue weighted by Gasteiger charge is -2.27. The molecule has 1 N–H and O–H groups in total. The summed E-state index contributed by atoms with van der Waals surface area (Å²) in [5.41, 5.74) is 4.86. The van der Waals surface area contributed by atoms with Crippen LogP contribution in [0.5, 0.6) is 5.75 Å². The lowest BCUT2D eigenvalue weighted by Crippen LogP contribution is -2.36. The van der Waals surface area contributed by atoms with Gasteiger partial charge in [0.15, 0.2) is 0 Å². The van der Waals surface area contributed by atoms with Gasteiger partial charge in [0.05, 0.1) is 11.1 Å². The molecule has 7 heteroatoms. The van der Waals surface area contributed by atoms with Crippen LogP contribution in [0.1, 0.15) is 27.3 Å². The van der Waals surface area contributed by atoms with Crippen molar-refractivity contribution < 1.29 is 9.53 Å². The molecule has 0 saturated carbocycles. The van der Waals surface area contributed by atoms with Gasteiger partial charge in [-0.15, -0.1) is 0 Å². The molecule has 7 nitrogen and oxygen atoms in total. The Labute approximate surface area is 167 Å². The Hall–Kier alpha value is -3.74. The molecule has 3 heterocycles. The number of ether oxygens (including phenoxy) is 1. The molecule has 0 unspecified atom stereocenters. The molecule has 0 bridgehead atoms. The molecule has 2 aromatic heterocycles. The standard InChI is InChI=1S/C22H19N5O2/c28-22(16-7-4-8-19-21(16)24-11-10-23-19)27-12-9-18-17(13-27)20(26-25-18)14-29-15-5-2-1-3-6-15/h1-8,10-11H,9,12-14H2,(H,25,26). The number of hydrogen-bond acceptors (Lipinski definition) is 5. The third-order valence-electron chi connectivity index (χ3n) is 5.15. The molecule has 1 aliphatic rings. The maximum atomic E-state index is 13.2. The topological polar surface area (TPSA) is 84.0 Å². The van der Waals surface area contributed by atoms with Crippen molar-refractivity contribution in [1.82, 2.24) is 25.1 Å². The van der Waals surface area contributed by atoms with Gasteiger partial charge in [0.1, 0.15) is 23.6 Å². The first-order chi connectivity index (χ1) is 14.3. The van der Waals surface area contributed by atoms with Crippen LogP contribution in [0, 0.1) is 0 Å². The number of hydrogen-bond donors (Lipinski definition) is 1. The molecule has 4 aromatic rings. The number of carbonyl (C=O) groups is 1. The minimum atomic E-state index is -0.0436. The van der Waals surface area contributed by atoms with Gasteiger partial charge >= 0.3 is 0 Å². The molecule has 0 radical (unpaired) electrons. The van der Waals surface area contributed by atoms with Crippen molar-refractivity contribution in [2.24, 2.45) is 0 Å². The second-order valence-electron chi connectivity index (χ2n) is 6.94. The SMILES string of the molecule is O=C(c1cccc2nccnc12)N1CCc2[nH]nc(COc3ccccc3)c2C1. The minimum Gasteiger partial charge on any atom is -0.487 e. The van der Waals surface area contributed by atoms with Crippen molar-refractivity contribution in [3.63, 3.8) is 0 Å². The van der Waals surface area contributed by atoms with E-state index in [2.05, 4.69) is 20.2 Å². The average Bonchev–Trinajstić information content (AvgIpc) is 3.20. The monoisotopic (exact) mass is 385 g/mol. The largest absolute Gasteiger partial charge is 0.487 e. The quantitative estimate of drug-likeness (QED) is 0.583. The van der Waals surface area contributed by atoms with Gasteiger partial charge in [-0.25, -0.2) is 0 Å². The van der Waals surface area contributed by atoms with Gasteiger partial charge in [0.25, 0.3) is 5.91 Å². The molecule has 0 fully saturated rings.